The third-order valence-corrected chi connectivity index (χ3v) is 4.63. The van der Waals surface area contributed by atoms with Crippen molar-refractivity contribution in [2.24, 2.45) is 0 Å². The molecule has 1 atom stereocenters. The van der Waals surface area contributed by atoms with Gasteiger partial charge in [-0.05, 0) is 20.3 Å². The molecular formula is C20H22F3N3O4. The van der Waals surface area contributed by atoms with Crippen LogP contribution in [0, 0.1) is 12.7 Å². The molecule has 162 valence electrons. The maximum absolute atomic E-state index is 14.6. The first-order valence-corrected chi connectivity index (χ1v) is 9.43. The van der Waals surface area contributed by atoms with Crippen molar-refractivity contribution >= 4 is 11.8 Å². The van der Waals surface area contributed by atoms with Gasteiger partial charge in [-0.3, -0.25) is 4.79 Å². The van der Waals surface area contributed by atoms with Crippen molar-refractivity contribution in [2.75, 3.05) is 18.5 Å². The maximum atomic E-state index is 14.6. The van der Waals surface area contributed by atoms with E-state index in [1.165, 1.54) is 12.1 Å². The van der Waals surface area contributed by atoms with Crippen LogP contribution < -0.4 is 5.32 Å². The summed E-state index contributed by atoms with van der Waals surface area (Å²) in [7, 11) is 0. The van der Waals surface area contributed by atoms with Crippen LogP contribution in [0.25, 0.3) is 0 Å². The summed E-state index contributed by atoms with van der Waals surface area (Å²) >= 11 is 0. The zero-order valence-corrected chi connectivity index (χ0v) is 16.5. The molecular weight excluding hydrogens is 403 g/mol. The van der Waals surface area contributed by atoms with Gasteiger partial charge in [0, 0.05) is 5.56 Å². The molecule has 2 heterocycles. The average Bonchev–Trinajstić information content (AvgIpc) is 2.67. The van der Waals surface area contributed by atoms with Gasteiger partial charge in [0.2, 0.25) is 0 Å². The van der Waals surface area contributed by atoms with Crippen molar-refractivity contribution in [3.05, 3.63) is 52.2 Å². The summed E-state index contributed by atoms with van der Waals surface area (Å²) in [6, 6.07) is 3.04. The van der Waals surface area contributed by atoms with Gasteiger partial charge in [-0.25, -0.2) is 23.1 Å². The highest BCUT2D eigenvalue weighted by atomic mass is 19.3. The van der Waals surface area contributed by atoms with Crippen LogP contribution >= 0.6 is 0 Å². The molecule has 7 nitrogen and oxygen atoms in total. The van der Waals surface area contributed by atoms with E-state index in [1.54, 1.807) is 13.8 Å². The van der Waals surface area contributed by atoms with Crippen molar-refractivity contribution in [2.45, 2.75) is 45.4 Å². The van der Waals surface area contributed by atoms with Crippen molar-refractivity contribution in [3.63, 3.8) is 0 Å². The number of aryl methyl sites for hydroxylation is 1. The van der Waals surface area contributed by atoms with Crippen molar-refractivity contribution in [3.8, 4) is 0 Å². The maximum Gasteiger partial charge on any atom is 0.309 e. The summed E-state index contributed by atoms with van der Waals surface area (Å²) in [5.41, 5.74) is -0.149. The molecule has 1 aliphatic heterocycles. The van der Waals surface area contributed by atoms with Crippen LogP contribution in [0.5, 0.6) is 0 Å². The van der Waals surface area contributed by atoms with Gasteiger partial charge in [0.15, 0.2) is 6.29 Å². The van der Waals surface area contributed by atoms with Gasteiger partial charge >= 0.3 is 5.97 Å². The van der Waals surface area contributed by atoms with E-state index in [9.17, 15) is 23.1 Å². The van der Waals surface area contributed by atoms with Gasteiger partial charge in [0.05, 0.1) is 42.5 Å². The van der Waals surface area contributed by atoms with Crippen LogP contribution in [0.15, 0.2) is 18.2 Å². The Labute approximate surface area is 171 Å². The third-order valence-electron chi connectivity index (χ3n) is 4.63. The van der Waals surface area contributed by atoms with Crippen LogP contribution in [0.3, 0.4) is 0 Å². The van der Waals surface area contributed by atoms with Crippen molar-refractivity contribution in [1.82, 2.24) is 9.97 Å². The molecule has 0 saturated carbocycles. The number of anilines is 1. The molecule has 30 heavy (non-hydrogen) atoms. The van der Waals surface area contributed by atoms with Crippen LogP contribution in [-0.4, -0.2) is 34.3 Å². The van der Waals surface area contributed by atoms with Crippen molar-refractivity contribution in [1.29, 1.82) is 0 Å². The van der Waals surface area contributed by atoms with E-state index < -0.39 is 36.1 Å². The Balaban J connectivity index is 2.01. The number of alkyl halides is 2. The number of carboxylic acids is 1. The molecule has 0 amide bonds. The number of carboxylic acid groups (broad SMARTS) is 1. The SMILES string of the molecule is Cc1nc(CC(=O)O)c(C2OCCCO2)c(NC(C)c2cccc(C(F)F)c2F)n1. The second kappa shape index (κ2) is 9.40. The largest absolute Gasteiger partial charge is 0.481 e. The van der Waals surface area contributed by atoms with Crippen LogP contribution in [0.1, 0.15) is 60.3 Å². The average molecular weight is 425 g/mol. The molecule has 10 heteroatoms. The molecule has 3 rings (SSSR count). The number of nitrogens with zero attached hydrogens (tertiary/aromatic N) is 2. The van der Waals surface area contributed by atoms with E-state index in [4.69, 9.17) is 9.47 Å². The quantitative estimate of drug-likeness (QED) is 0.690. The Hall–Kier alpha value is -2.72. The number of rotatable bonds is 7. The molecule has 2 N–H and O–H groups in total. The minimum atomic E-state index is -2.94. The van der Waals surface area contributed by atoms with E-state index in [0.717, 1.165) is 6.07 Å². The lowest BCUT2D eigenvalue weighted by Gasteiger charge is -2.28. The van der Waals surface area contributed by atoms with E-state index in [2.05, 4.69) is 15.3 Å². The number of hydrogen-bond acceptors (Lipinski definition) is 6. The Kier molecular flexibility index (Phi) is 6.88. The smallest absolute Gasteiger partial charge is 0.309 e. The van der Waals surface area contributed by atoms with Gasteiger partial charge < -0.3 is 19.9 Å². The van der Waals surface area contributed by atoms with E-state index in [0.29, 0.717) is 31.0 Å². The van der Waals surface area contributed by atoms with E-state index in [-0.39, 0.29) is 23.5 Å². The number of aliphatic carboxylic acids is 1. The Morgan fingerprint density at radius 2 is 1.93 bits per heavy atom. The number of benzene rings is 1. The lowest BCUT2D eigenvalue weighted by Crippen LogP contribution is -2.24. The predicted molar refractivity (Wildman–Crippen MR) is 101 cm³/mol. The normalized spacial score (nSPS) is 15.9. The molecule has 0 aliphatic carbocycles. The Bertz CT molecular complexity index is 920. The lowest BCUT2D eigenvalue weighted by atomic mass is 10.0. The van der Waals surface area contributed by atoms with Crippen LogP contribution in [0.4, 0.5) is 19.0 Å². The Morgan fingerprint density at radius 1 is 1.27 bits per heavy atom. The molecule has 1 aliphatic rings. The molecule has 0 spiro atoms. The van der Waals surface area contributed by atoms with Gasteiger partial charge in [0.1, 0.15) is 17.5 Å². The summed E-state index contributed by atoms with van der Waals surface area (Å²) in [5, 5.41) is 12.3. The number of hydrogen-bond donors (Lipinski definition) is 2. The van der Waals surface area contributed by atoms with Gasteiger partial charge in [0.25, 0.3) is 6.43 Å². The highest BCUT2D eigenvalue weighted by molar-refractivity contribution is 5.71. The second-order valence-electron chi connectivity index (χ2n) is 6.89. The molecule has 2 aromatic rings. The summed E-state index contributed by atoms with van der Waals surface area (Å²) < 4.78 is 51.9. The molecule has 1 fully saturated rings. The second-order valence-corrected chi connectivity index (χ2v) is 6.89. The third kappa shape index (κ3) is 4.88. The standard InChI is InChI=1S/C20H22F3N3O4/c1-10(12-5-3-6-13(17(12)21)18(22)23)24-19-16(20-29-7-4-8-30-20)14(9-15(27)28)25-11(2)26-19/h3,5-6,10,18,20H,4,7-9H2,1-2H3,(H,27,28)(H,24,25,26). The molecule has 1 saturated heterocycles. The number of ether oxygens (including phenoxy) is 2. The zero-order chi connectivity index (χ0) is 21.8. The van der Waals surface area contributed by atoms with E-state index >= 15 is 0 Å². The first-order valence-electron chi connectivity index (χ1n) is 9.43. The topological polar surface area (TPSA) is 93.6 Å². The summed E-state index contributed by atoms with van der Waals surface area (Å²) in [4.78, 5) is 19.9. The molecule has 1 aromatic heterocycles. The summed E-state index contributed by atoms with van der Waals surface area (Å²) in [6.45, 7) is 4.00. The molecule has 0 bridgehead atoms. The minimum absolute atomic E-state index is 0.0280. The zero-order valence-electron chi connectivity index (χ0n) is 16.5. The predicted octanol–water partition coefficient (Wildman–Crippen LogP) is 4.10. The molecule has 1 unspecified atom stereocenters. The van der Waals surface area contributed by atoms with Gasteiger partial charge in [-0.2, -0.15) is 0 Å². The molecule has 0 radical (unpaired) electrons. The van der Waals surface area contributed by atoms with Gasteiger partial charge in [-0.15, -0.1) is 0 Å². The summed E-state index contributed by atoms with van der Waals surface area (Å²) in [5.74, 6) is -1.60. The highest BCUT2D eigenvalue weighted by Gasteiger charge is 2.28. The number of halogens is 3. The van der Waals surface area contributed by atoms with Crippen LogP contribution in [0.2, 0.25) is 0 Å². The van der Waals surface area contributed by atoms with Crippen LogP contribution in [-0.2, 0) is 20.7 Å². The Morgan fingerprint density at radius 3 is 2.57 bits per heavy atom. The highest BCUT2D eigenvalue weighted by Crippen LogP contribution is 2.34. The first kappa shape index (κ1) is 22.0. The minimum Gasteiger partial charge on any atom is -0.481 e. The van der Waals surface area contributed by atoms with Crippen molar-refractivity contribution < 1.29 is 32.5 Å². The monoisotopic (exact) mass is 425 g/mol. The van der Waals surface area contributed by atoms with Gasteiger partial charge in [-0.1, -0.05) is 18.2 Å². The summed E-state index contributed by atoms with van der Waals surface area (Å²) in [6.07, 6.45) is -3.54. The fourth-order valence-electron chi connectivity index (χ4n) is 3.28. The fraction of sp³-hybridized carbons (Fsp3) is 0.450. The first-order chi connectivity index (χ1) is 14.3. The molecule has 1 aromatic carbocycles. The van der Waals surface area contributed by atoms with E-state index in [1.807, 2.05) is 0 Å². The number of nitrogens with one attached hydrogen (secondary N) is 1. The number of aromatic nitrogens is 2. The number of carbonyl (C=O) groups is 1. The lowest BCUT2D eigenvalue weighted by molar-refractivity contribution is -0.183. The fourth-order valence-corrected chi connectivity index (χ4v) is 3.28.